The van der Waals surface area contributed by atoms with Crippen molar-refractivity contribution >= 4 is 26.5 Å². The van der Waals surface area contributed by atoms with Crippen LogP contribution in [0.15, 0.2) is 23.1 Å². The van der Waals surface area contributed by atoms with Crippen molar-refractivity contribution in [2.45, 2.75) is 4.90 Å². The van der Waals surface area contributed by atoms with Crippen molar-refractivity contribution in [3.63, 3.8) is 0 Å². The zero-order valence-corrected chi connectivity index (χ0v) is 18.1. The SMILES string of the molecule is O.O.O.O=C(O)c1ccc(S(=O)(=O)[O-])c(O)c1.O=S(=O)([O-])[O-].[Ho+3].[OH3+].[OH3+].[OH3+].[OH3+].[OH3+].[OH3+].[OH3+]. The Morgan fingerprint density at radius 1 is 0.767 bits per heavy atom. The monoisotopic (exact) mass is 665 g/mol. The Hall–Kier alpha value is -0.870. The first kappa shape index (κ1) is 78.6. The van der Waals surface area contributed by atoms with Crippen LogP contribution in [0.2, 0.25) is 0 Å². The molecule has 29 N–H and O–H groups in total. The Labute approximate surface area is 198 Å². The minimum absolute atomic E-state index is 0. The molecule has 0 spiro atoms. The number of carbonyl (C=O) groups is 1. The van der Waals surface area contributed by atoms with E-state index in [9.17, 15) is 17.8 Å². The van der Waals surface area contributed by atoms with Crippen molar-refractivity contribution in [2.75, 3.05) is 0 Å². The first-order valence-electron chi connectivity index (χ1n) is 4.01. The third-order valence-electron chi connectivity index (χ3n) is 1.48. The summed E-state index contributed by atoms with van der Waals surface area (Å²) in [6, 6.07) is 2.38. The van der Waals surface area contributed by atoms with Crippen LogP contribution >= 0.6 is 0 Å². The molecule has 0 aliphatic carbocycles. The average Bonchev–Trinajstić information content (AvgIpc) is 2.12. The van der Waals surface area contributed by atoms with Crippen LogP contribution in [0.25, 0.3) is 0 Å². The summed E-state index contributed by atoms with van der Waals surface area (Å²) in [7, 11) is -9.94. The van der Waals surface area contributed by atoms with E-state index in [-0.39, 0.29) is 98.1 Å². The fraction of sp³-hybridized carbons (Fsp3) is 0. The van der Waals surface area contributed by atoms with Crippen molar-refractivity contribution < 1.29 is 138 Å². The Morgan fingerprint density at radius 2 is 1.03 bits per heavy atom. The molecule has 1 aromatic rings. The van der Waals surface area contributed by atoms with Crippen LogP contribution in [0.5, 0.6) is 5.75 Å². The third kappa shape index (κ3) is 37.8. The van der Waals surface area contributed by atoms with Gasteiger partial charge in [-0.05, 0) is 18.2 Å². The smallest absolute Gasteiger partial charge is 0.759 e. The maximum atomic E-state index is 10.5. The first-order valence-corrected chi connectivity index (χ1v) is 6.75. The van der Waals surface area contributed by atoms with Gasteiger partial charge >= 0.3 is 43.7 Å². The van der Waals surface area contributed by atoms with Gasteiger partial charge < -0.3 is 78.6 Å². The molecule has 196 valence electrons. The fourth-order valence-corrected chi connectivity index (χ4v) is 1.41. The molecular weight excluding hydrogens is 633 g/mol. The third-order valence-corrected chi connectivity index (χ3v) is 2.36. The summed E-state index contributed by atoms with van der Waals surface area (Å²) in [4.78, 5) is 9.54. The molecule has 0 atom stereocenters. The molecule has 0 aliphatic rings. The van der Waals surface area contributed by atoms with E-state index in [1.165, 1.54) is 0 Å². The molecule has 0 amide bonds. The quantitative estimate of drug-likeness (QED) is 0.130. The molecule has 0 aliphatic heterocycles. The molecule has 30 heavy (non-hydrogen) atoms. The van der Waals surface area contributed by atoms with E-state index in [0.29, 0.717) is 6.07 Å². The van der Waals surface area contributed by atoms with Crippen molar-refractivity contribution in [3.8, 4) is 5.75 Å². The molecule has 0 fully saturated rings. The summed E-state index contributed by atoms with van der Waals surface area (Å²) in [5.74, 6) is -2.19. The van der Waals surface area contributed by atoms with E-state index in [4.69, 9.17) is 27.7 Å². The van der Waals surface area contributed by atoms with E-state index in [1.54, 1.807) is 0 Å². The van der Waals surface area contributed by atoms with Gasteiger partial charge in [-0.15, -0.1) is 0 Å². The Kier molecular flexibility index (Phi) is 79.4. The fourth-order valence-electron chi connectivity index (χ4n) is 0.862. The number of phenolic OH excluding ortho intramolecular Hbond substituents is 1. The van der Waals surface area contributed by atoms with E-state index in [0.717, 1.165) is 12.1 Å². The van der Waals surface area contributed by atoms with Crippen molar-refractivity contribution in [1.82, 2.24) is 0 Å². The largest absolute Gasteiger partial charge is 3.00 e. The maximum Gasteiger partial charge on any atom is 3.00 e. The van der Waals surface area contributed by atoms with E-state index >= 15 is 0 Å². The predicted octanol–water partition coefficient (Wildman–Crippen LogP) is -10.3. The van der Waals surface area contributed by atoms with Crippen molar-refractivity contribution in [2.24, 2.45) is 0 Å². The second-order valence-electron chi connectivity index (χ2n) is 2.85. The number of carboxylic acid groups (broad SMARTS) is 1. The second kappa shape index (κ2) is 30.3. The summed E-state index contributed by atoms with van der Waals surface area (Å²) >= 11 is 0. The van der Waals surface area contributed by atoms with Crippen LogP contribution in [-0.2, 0) is 58.9 Å². The number of hydrogen-bond donors (Lipinski definition) is 2. The van der Waals surface area contributed by atoms with Gasteiger partial charge in [0, 0.05) is 10.4 Å². The second-order valence-corrected chi connectivity index (χ2v) is 5.01. The van der Waals surface area contributed by atoms with Gasteiger partial charge in [0.05, 0.1) is 10.5 Å². The summed E-state index contributed by atoms with van der Waals surface area (Å²) < 4.78 is 65.5. The molecule has 1 rings (SSSR count). The number of aromatic hydroxyl groups is 1. The van der Waals surface area contributed by atoms with Gasteiger partial charge in [-0.1, -0.05) is 0 Å². The van der Waals surface area contributed by atoms with Crippen LogP contribution < -0.4 is 0 Å². The molecule has 0 saturated carbocycles. The van der Waals surface area contributed by atoms with Gasteiger partial charge in [0.25, 0.3) is 0 Å². The minimum atomic E-state index is -5.17. The molecule has 0 radical (unpaired) electrons. The summed E-state index contributed by atoms with van der Waals surface area (Å²) in [6.07, 6.45) is 0. The Balaban J connectivity index is -0.0000000186. The van der Waals surface area contributed by atoms with Gasteiger partial charge in [-0.3, -0.25) is 8.42 Å². The number of aromatic carboxylic acids is 1. The minimum Gasteiger partial charge on any atom is -0.759 e. The zero-order valence-electron chi connectivity index (χ0n) is 14.6. The summed E-state index contributed by atoms with van der Waals surface area (Å²) in [5, 5.41) is 17.5. The predicted molar refractivity (Wildman–Crippen MR) is 98.4 cm³/mol. The van der Waals surface area contributed by atoms with Crippen LogP contribution in [0.3, 0.4) is 0 Å². The standard InChI is InChI=1S/C7H6O6S.Ho.H2O4S.10H2O/c8-5-3-4(7(9)10)1-2-6(5)14(11,12)13;;1-5(2,3)4;;;;;;;;;;/h1-3,8H,(H,9,10)(H,11,12,13);;(H2,1,2,3,4);10*1H2/q;+3;;;;;;;;;;;/p+4. The molecule has 20 nitrogen and oxygen atoms in total. The topological polar surface area (TPSA) is 520 Å². The van der Waals surface area contributed by atoms with Crippen molar-refractivity contribution in [3.05, 3.63) is 23.8 Å². The molecule has 0 unspecified atom stereocenters. The van der Waals surface area contributed by atoms with E-state index < -0.39 is 37.1 Å². The number of rotatable bonds is 2. The summed E-state index contributed by atoms with van der Waals surface area (Å²) in [5.41, 5.74) is -0.296. The molecule has 0 saturated heterocycles. The zero-order chi connectivity index (χ0) is 15.4. The molecule has 23 heteroatoms. The van der Waals surface area contributed by atoms with Gasteiger partial charge in [0.2, 0.25) is 0 Å². The molecular formula is C7H32HoO20S2+7. The van der Waals surface area contributed by atoms with E-state index in [1.807, 2.05) is 0 Å². The summed E-state index contributed by atoms with van der Waals surface area (Å²) in [6.45, 7) is 0. The average molecular weight is 665 g/mol. The van der Waals surface area contributed by atoms with E-state index in [2.05, 4.69) is 0 Å². The van der Waals surface area contributed by atoms with Crippen LogP contribution in [0, 0.1) is 37.7 Å². The van der Waals surface area contributed by atoms with Crippen molar-refractivity contribution in [1.29, 1.82) is 0 Å². The Morgan fingerprint density at radius 3 is 1.20 bits per heavy atom. The first-order chi connectivity index (χ1) is 8.32. The van der Waals surface area contributed by atoms with Gasteiger partial charge in [-0.2, -0.15) is 0 Å². The van der Waals surface area contributed by atoms with Gasteiger partial charge in [0.1, 0.15) is 15.9 Å². The molecule has 0 bridgehead atoms. The molecule has 0 heterocycles. The number of hydrogen-bond acceptors (Lipinski definition) is 9. The Bertz CT molecular complexity index is 677. The van der Waals surface area contributed by atoms with Crippen LogP contribution in [0.1, 0.15) is 10.4 Å². The maximum absolute atomic E-state index is 10.5. The molecule has 0 aromatic heterocycles. The number of carboxylic acids is 1. The van der Waals surface area contributed by atoms with Gasteiger partial charge in [-0.25, -0.2) is 13.2 Å². The molecule has 1 aromatic carbocycles. The van der Waals surface area contributed by atoms with Gasteiger partial charge in [0.15, 0.2) is 0 Å². The number of phenols is 1. The van der Waals surface area contributed by atoms with Crippen LogP contribution in [-0.4, -0.2) is 63.1 Å². The normalized spacial score (nSPS) is 7.17. The number of benzene rings is 1. The van der Waals surface area contributed by atoms with Crippen LogP contribution in [0.4, 0.5) is 0 Å².